The van der Waals surface area contributed by atoms with Gasteiger partial charge in [-0.3, -0.25) is 0 Å². The Morgan fingerprint density at radius 1 is 0.400 bits per heavy atom. The van der Waals surface area contributed by atoms with E-state index in [1.165, 1.54) is 21.5 Å². The molecule has 0 unspecified atom stereocenters. The fraction of sp³-hybridized carbons (Fsp3) is 0. The van der Waals surface area contributed by atoms with Crippen LogP contribution in [-0.4, -0.2) is 9.97 Å². The van der Waals surface area contributed by atoms with Gasteiger partial charge in [0.25, 0.3) is 0 Å². The van der Waals surface area contributed by atoms with Crippen molar-refractivity contribution in [2.75, 3.05) is 0 Å². The summed E-state index contributed by atoms with van der Waals surface area (Å²) in [6, 6.07) is 40.5. The summed E-state index contributed by atoms with van der Waals surface area (Å²) < 4.78 is 1.01. The largest absolute Gasteiger partial charge is 0.248 e. The van der Waals surface area contributed by atoms with E-state index in [1.807, 2.05) is 0 Å². The third-order valence-corrected chi connectivity index (χ3v) is 7.06. The van der Waals surface area contributed by atoms with Gasteiger partial charge in [-0.15, -0.1) is 0 Å². The molecular weight excluding hydrogens is 492 g/mol. The SMILES string of the molecule is Brc1cc(-c2ccc3cc4ccccc4cc3n2)cc(-c2ccc3cc4ccccc4cc3n2)c1. The molecule has 0 N–H and O–H groups in total. The van der Waals surface area contributed by atoms with Crippen molar-refractivity contribution in [3.8, 4) is 22.5 Å². The van der Waals surface area contributed by atoms with Crippen LogP contribution in [-0.2, 0) is 0 Å². The fourth-order valence-electron chi connectivity index (χ4n) is 4.83. The van der Waals surface area contributed by atoms with E-state index in [4.69, 9.17) is 9.97 Å². The lowest BCUT2D eigenvalue weighted by Gasteiger charge is -2.10. The standard InChI is InChI=1S/C32H19BrN2/c33-28-16-26(29-11-9-24-13-20-5-1-3-7-22(20)18-31(24)34-29)15-27(17-28)30-12-10-25-14-21-6-2-4-8-23(21)19-32(25)35-30/h1-19H. The summed E-state index contributed by atoms with van der Waals surface area (Å²) in [5.41, 5.74) is 6.01. The molecule has 0 aliphatic heterocycles. The molecule has 2 heterocycles. The Bertz CT molecular complexity index is 1790. The van der Waals surface area contributed by atoms with Crippen molar-refractivity contribution in [1.29, 1.82) is 0 Å². The molecule has 2 nitrogen and oxygen atoms in total. The Balaban J connectivity index is 1.35. The van der Waals surface area contributed by atoms with Crippen LogP contribution in [0.5, 0.6) is 0 Å². The molecule has 0 saturated heterocycles. The van der Waals surface area contributed by atoms with Crippen LogP contribution in [0.15, 0.2) is 120 Å². The molecule has 0 radical (unpaired) electrons. The summed E-state index contributed by atoms with van der Waals surface area (Å²) in [6.07, 6.45) is 0. The van der Waals surface area contributed by atoms with Crippen molar-refractivity contribution < 1.29 is 0 Å². The van der Waals surface area contributed by atoms with E-state index in [0.717, 1.165) is 48.8 Å². The van der Waals surface area contributed by atoms with Gasteiger partial charge >= 0.3 is 0 Å². The first kappa shape index (κ1) is 20.3. The average Bonchev–Trinajstić information content (AvgIpc) is 2.89. The smallest absolute Gasteiger partial charge is 0.0715 e. The van der Waals surface area contributed by atoms with E-state index < -0.39 is 0 Å². The number of hydrogen-bond acceptors (Lipinski definition) is 2. The van der Waals surface area contributed by atoms with Crippen molar-refractivity contribution in [2.45, 2.75) is 0 Å². The van der Waals surface area contributed by atoms with Crippen LogP contribution in [0.25, 0.3) is 65.9 Å². The fourth-order valence-corrected chi connectivity index (χ4v) is 5.32. The molecule has 35 heavy (non-hydrogen) atoms. The molecule has 164 valence electrons. The highest BCUT2D eigenvalue weighted by atomic mass is 79.9. The van der Waals surface area contributed by atoms with Crippen LogP contribution in [0.3, 0.4) is 0 Å². The maximum absolute atomic E-state index is 5.01. The zero-order valence-corrected chi connectivity index (χ0v) is 20.3. The van der Waals surface area contributed by atoms with Gasteiger partial charge in [-0.1, -0.05) is 76.6 Å². The number of aromatic nitrogens is 2. The predicted octanol–water partition coefficient (Wildman–Crippen LogP) is 9.19. The van der Waals surface area contributed by atoms with Gasteiger partial charge in [0.1, 0.15) is 0 Å². The molecule has 0 amide bonds. The van der Waals surface area contributed by atoms with Crippen molar-refractivity contribution in [1.82, 2.24) is 9.97 Å². The lowest BCUT2D eigenvalue weighted by Crippen LogP contribution is -1.90. The van der Waals surface area contributed by atoms with Crippen molar-refractivity contribution in [2.24, 2.45) is 0 Å². The van der Waals surface area contributed by atoms with E-state index in [0.29, 0.717) is 0 Å². The number of benzene rings is 5. The maximum Gasteiger partial charge on any atom is 0.0715 e. The van der Waals surface area contributed by atoms with Crippen LogP contribution in [0, 0.1) is 0 Å². The third kappa shape index (κ3) is 3.65. The summed E-state index contributed by atoms with van der Waals surface area (Å²) in [5, 5.41) is 7.15. The van der Waals surface area contributed by atoms with Crippen molar-refractivity contribution in [3.63, 3.8) is 0 Å². The van der Waals surface area contributed by atoms with E-state index in [2.05, 4.69) is 131 Å². The van der Waals surface area contributed by atoms with Gasteiger partial charge in [0.05, 0.1) is 22.4 Å². The van der Waals surface area contributed by atoms with Gasteiger partial charge in [0.2, 0.25) is 0 Å². The first-order chi connectivity index (χ1) is 17.2. The number of rotatable bonds is 2. The van der Waals surface area contributed by atoms with Crippen LogP contribution >= 0.6 is 15.9 Å². The van der Waals surface area contributed by atoms with E-state index in [1.54, 1.807) is 0 Å². The summed E-state index contributed by atoms with van der Waals surface area (Å²) in [4.78, 5) is 10.0. The summed E-state index contributed by atoms with van der Waals surface area (Å²) in [5.74, 6) is 0. The molecular formula is C32H19BrN2. The molecule has 7 rings (SSSR count). The number of pyridine rings is 2. The Morgan fingerprint density at radius 2 is 0.829 bits per heavy atom. The number of halogens is 1. The molecule has 5 aromatic carbocycles. The number of nitrogens with zero attached hydrogens (tertiary/aromatic N) is 2. The first-order valence-corrected chi connectivity index (χ1v) is 12.4. The summed E-state index contributed by atoms with van der Waals surface area (Å²) in [6.45, 7) is 0. The van der Waals surface area contributed by atoms with E-state index in [-0.39, 0.29) is 0 Å². The average molecular weight is 511 g/mol. The van der Waals surface area contributed by atoms with Gasteiger partial charge in [-0.2, -0.15) is 0 Å². The van der Waals surface area contributed by atoms with Gasteiger partial charge in [0.15, 0.2) is 0 Å². The Morgan fingerprint density at radius 3 is 1.29 bits per heavy atom. The maximum atomic E-state index is 5.01. The minimum Gasteiger partial charge on any atom is -0.248 e. The van der Waals surface area contributed by atoms with Crippen molar-refractivity contribution in [3.05, 3.63) is 120 Å². The van der Waals surface area contributed by atoms with Gasteiger partial charge < -0.3 is 0 Å². The van der Waals surface area contributed by atoms with Gasteiger partial charge in [-0.25, -0.2) is 9.97 Å². The zero-order valence-electron chi connectivity index (χ0n) is 18.7. The first-order valence-electron chi connectivity index (χ1n) is 11.6. The van der Waals surface area contributed by atoms with Crippen LogP contribution in [0.1, 0.15) is 0 Å². The highest BCUT2D eigenvalue weighted by molar-refractivity contribution is 9.10. The summed E-state index contributed by atoms with van der Waals surface area (Å²) >= 11 is 3.72. The second kappa shape index (κ2) is 8.00. The molecule has 0 bridgehead atoms. The second-order valence-corrected chi connectivity index (χ2v) is 9.82. The van der Waals surface area contributed by atoms with Crippen LogP contribution in [0.4, 0.5) is 0 Å². The molecule has 0 atom stereocenters. The van der Waals surface area contributed by atoms with E-state index in [9.17, 15) is 0 Å². The molecule has 0 aliphatic carbocycles. The molecule has 3 heteroatoms. The summed E-state index contributed by atoms with van der Waals surface area (Å²) in [7, 11) is 0. The number of hydrogen-bond donors (Lipinski definition) is 0. The second-order valence-electron chi connectivity index (χ2n) is 8.91. The quantitative estimate of drug-likeness (QED) is 0.216. The number of fused-ring (bicyclic) bond motifs is 4. The molecule has 0 fully saturated rings. The molecule has 0 saturated carbocycles. The van der Waals surface area contributed by atoms with E-state index >= 15 is 0 Å². The zero-order chi connectivity index (χ0) is 23.4. The lowest BCUT2D eigenvalue weighted by atomic mass is 10.0. The normalized spacial score (nSPS) is 11.6. The topological polar surface area (TPSA) is 25.8 Å². The Labute approximate surface area is 211 Å². The molecule has 7 aromatic rings. The van der Waals surface area contributed by atoms with Crippen LogP contribution < -0.4 is 0 Å². The molecule has 0 spiro atoms. The Hall–Kier alpha value is -4.08. The molecule has 0 aliphatic rings. The minimum atomic E-state index is 0.946. The Kier molecular flexibility index (Phi) is 4.64. The highest BCUT2D eigenvalue weighted by Crippen LogP contribution is 2.32. The monoisotopic (exact) mass is 510 g/mol. The minimum absolute atomic E-state index is 0.946. The third-order valence-electron chi connectivity index (χ3n) is 6.60. The van der Waals surface area contributed by atoms with Crippen LogP contribution in [0.2, 0.25) is 0 Å². The highest BCUT2D eigenvalue weighted by Gasteiger charge is 2.09. The lowest BCUT2D eigenvalue weighted by molar-refractivity contribution is 1.38. The molecule has 2 aromatic heterocycles. The van der Waals surface area contributed by atoms with Gasteiger partial charge in [-0.05, 0) is 76.1 Å². The van der Waals surface area contributed by atoms with Gasteiger partial charge in [0, 0.05) is 26.4 Å². The predicted molar refractivity (Wildman–Crippen MR) is 151 cm³/mol. The van der Waals surface area contributed by atoms with Crippen molar-refractivity contribution >= 4 is 59.3 Å².